The topological polar surface area (TPSA) is 12.4 Å². The number of allylic oxidation sites excluding steroid dienone is 1. The van der Waals surface area contributed by atoms with Crippen molar-refractivity contribution in [3.8, 4) is 0 Å². The molecular weight excluding hydrogens is 190 g/mol. The van der Waals surface area contributed by atoms with Crippen LogP contribution >= 0.6 is 11.8 Å². The quantitative estimate of drug-likeness (QED) is 0.503. The van der Waals surface area contributed by atoms with E-state index >= 15 is 0 Å². The van der Waals surface area contributed by atoms with Gasteiger partial charge in [-0.2, -0.15) is 0 Å². The van der Waals surface area contributed by atoms with Crippen molar-refractivity contribution in [2.24, 2.45) is 16.8 Å². The third kappa shape index (κ3) is 4.85. The van der Waals surface area contributed by atoms with Gasteiger partial charge in [0.25, 0.3) is 0 Å². The highest BCUT2D eigenvalue weighted by Gasteiger charge is 2.16. The molecule has 0 unspecified atom stereocenters. The fraction of sp³-hybridized carbons (Fsp3) is 0.750. The second kappa shape index (κ2) is 7.10. The molecule has 0 N–H and O–H groups in total. The largest absolute Gasteiger partial charge is 0.286 e. The molecule has 1 saturated carbocycles. The molecule has 2 heteroatoms. The molecule has 14 heavy (non-hydrogen) atoms. The van der Waals surface area contributed by atoms with Gasteiger partial charge < -0.3 is 0 Å². The van der Waals surface area contributed by atoms with Crippen LogP contribution in [0.5, 0.6) is 0 Å². The van der Waals surface area contributed by atoms with Crippen molar-refractivity contribution in [1.29, 1.82) is 0 Å². The number of aliphatic imine (C=N–C) groups is 1. The van der Waals surface area contributed by atoms with Crippen molar-refractivity contribution in [3.63, 3.8) is 0 Å². The fourth-order valence-corrected chi connectivity index (χ4v) is 2.26. The van der Waals surface area contributed by atoms with Gasteiger partial charge in [-0.15, -0.1) is 0 Å². The van der Waals surface area contributed by atoms with E-state index in [0.29, 0.717) is 0 Å². The Labute approximate surface area is 92.1 Å². The monoisotopic (exact) mass is 211 g/mol. The van der Waals surface area contributed by atoms with Crippen molar-refractivity contribution >= 4 is 17.3 Å². The Balaban J connectivity index is 2.09. The summed E-state index contributed by atoms with van der Waals surface area (Å²) >= 11 is 1.67. The smallest absolute Gasteiger partial charge is 0.0583 e. The molecule has 0 saturated heterocycles. The van der Waals surface area contributed by atoms with Gasteiger partial charge in [0.15, 0.2) is 0 Å². The molecule has 0 bridgehead atoms. The third-order valence-electron chi connectivity index (χ3n) is 2.85. The van der Waals surface area contributed by atoms with Crippen molar-refractivity contribution in [2.45, 2.75) is 39.5 Å². The summed E-state index contributed by atoms with van der Waals surface area (Å²) in [4.78, 5) is 4.44. The van der Waals surface area contributed by atoms with Crippen LogP contribution in [0.25, 0.3) is 0 Å². The van der Waals surface area contributed by atoms with Crippen LogP contribution < -0.4 is 0 Å². The van der Waals surface area contributed by atoms with Crippen LogP contribution in [0, 0.1) is 11.8 Å². The van der Waals surface area contributed by atoms with E-state index in [-0.39, 0.29) is 0 Å². The van der Waals surface area contributed by atoms with Crippen molar-refractivity contribution in [1.82, 2.24) is 0 Å². The zero-order chi connectivity index (χ0) is 10.2. The molecular formula is C12H21NS. The zero-order valence-electron chi connectivity index (χ0n) is 9.28. The summed E-state index contributed by atoms with van der Waals surface area (Å²) in [7, 11) is 0. The van der Waals surface area contributed by atoms with Crippen molar-refractivity contribution in [3.05, 3.63) is 11.5 Å². The predicted molar refractivity (Wildman–Crippen MR) is 66.9 cm³/mol. The van der Waals surface area contributed by atoms with Crippen LogP contribution in [0.1, 0.15) is 39.5 Å². The zero-order valence-corrected chi connectivity index (χ0v) is 10.1. The van der Waals surface area contributed by atoms with Gasteiger partial charge >= 0.3 is 0 Å². The number of thioether (sulfide) groups is 1. The Morgan fingerprint density at radius 3 is 2.64 bits per heavy atom. The first-order valence-corrected chi connectivity index (χ1v) is 6.52. The van der Waals surface area contributed by atoms with E-state index in [1.165, 1.54) is 25.7 Å². The van der Waals surface area contributed by atoms with E-state index in [0.717, 1.165) is 18.4 Å². The molecule has 0 radical (unpaired) electrons. The second-order valence-corrected chi connectivity index (χ2v) is 4.96. The highest BCUT2D eigenvalue weighted by Crippen LogP contribution is 2.28. The molecule has 1 rings (SSSR count). The Kier molecular flexibility index (Phi) is 6.00. The maximum Gasteiger partial charge on any atom is 0.0583 e. The molecule has 1 aliphatic rings. The van der Waals surface area contributed by atoms with E-state index in [4.69, 9.17) is 0 Å². The van der Waals surface area contributed by atoms with Gasteiger partial charge in [-0.1, -0.05) is 37.6 Å². The first kappa shape index (κ1) is 11.8. The lowest BCUT2D eigenvalue weighted by molar-refractivity contribution is 0.296. The van der Waals surface area contributed by atoms with Crippen LogP contribution in [0.4, 0.5) is 0 Å². The van der Waals surface area contributed by atoms with E-state index in [1.54, 1.807) is 11.8 Å². The molecule has 0 atom stereocenters. The number of hydrogen-bond acceptors (Lipinski definition) is 2. The van der Waals surface area contributed by atoms with Crippen LogP contribution in [0.3, 0.4) is 0 Å². The van der Waals surface area contributed by atoms with Gasteiger partial charge in [-0.3, -0.25) is 4.99 Å². The van der Waals surface area contributed by atoms with Gasteiger partial charge in [0.1, 0.15) is 0 Å². The van der Waals surface area contributed by atoms with E-state index in [1.807, 2.05) is 18.5 Å². The summed E-state index contributed by atoms with van der Waals surface area (Å²) in [6.45, 7) is 5.43. The normalized spacial score (nSPS) is 29.0. The lowest BCUT2D eigenvalue weighted by Crippen LogP contribution is -2.14. The fourth-order valence-electron chi connectivity index (χ4n) is 1.86. The molecule has 1 aliphatic carbocycles. The van der Waals surface area contributed by atoms with Gasteiger partial charge in [0.05, 0.1) is 5.55 Å². The average molecular weight is 211 g/mol. The molecule has 0 aliphatic heterocycles. The van der Waals surface area contributed by atoms with Crippen LogP contribution in [-0.4, -0.2) is 12.1 Å². The molecule has 0 aromatic carbocycles. The van der Waals surface area contributed by atoms with Gasteiger partial charge in [0.2, 0.25) is 0 Å². The molecule has 0 heterocycles. The van der Waals surface area contributed by atoms with E-state index < -0.39 is 0 Å². The summed E-state index contributed by atoms with van der Waals surface area (Å²) in [5.41, 5.74) is 1.97. The molecule has 0 aromatic heterocycles. The summed E-state index contributed by atoms with van der Waals surface area (Å²) in [6, 6.07) is 0. The minimum atomic E-state index is 0.855. The van der Waals surface area contributed by atoms with Gasteiger partial charge in [0, 0.05) is 6.54 Å². The second-order valence-electron chi connectivity index (χ2n) is 4.20. The highest BCUT2D eigenvalue weighted by molar-refractivity contribution is 8.14. The molecule has 80 valence electrons. The van der Waals surface area contributed by atoms with E-state index in [2.05, 4.69) is 17.3 Å². The summed E-state index contributed by atoms with van der Waals surface area (Å²) in [6.07, 6.45) is 7.61. The minimum Gasteiger partial charge on any atom is -0.286 e. The van der Waals surface area contributed by atoms with Crippen LogP contribution in [0.15, 0.2) is 16.5 Å². The molecule has 0 aromatic rings. The standard InChI is InChI=1S/C12H21NS/c1-3-8-14-10-13-9-12-6-4-11(2)5-7-12/h3,8,10-12H,4-7,9H2,1-2H3/b8-3-,13-10?. The number of rotatable bonds is 4. The third-order valence-corrected chi connectivity index (χ3v) is 3.55. The van der Waals surface area contributed by atoms with E-state index in [9.17, 15) is 0 Å². The average Bonchev–Trinajstić information content (AvgIpc) is 2.21. The SMILES string of the molecule is C/C=C\SC=NCC1CCC(C)CC1. The van der Waals surface area contributed by atoms with Gasteiger partial charge in [-0.25, -0.2) is 0 Å². The summed E-state index contributed by atoms with van der Waals surface area (Å²) < 4.78 is 0. The molecule has 0 spiro atoms. The summed E-state index contributed by atoms with van der Waals surface area (Å²) in [5.74, 6) is 1.81. The lowest BCUT2D eigenvalue weighted by Gasteiger charge is -2.24. The Morgan fingerprint density at radius 1 is 1.29 bits per heavy atom. The minimum absolute atomic E-state index is 0.855. The lowest BCUT2D eigenvalue weighted by atomic mass is 9.83. The first-order valence-electron chi connectivity index (χ1n) is 5.58. The maximum absolute atomic E-state index is 4.44. The van der Waals surface area contributed by atoms with Crippen molar-refractivity contribution in [2.75, 3.05) is 6.54 Å². The van der Waals surface area contributed by atoms with Crippen molar-refractivity contribution < 1.29 is 0 Å². The Bertz CT molecular complexity index is 190. The van der Waals surface area contributed by atoms with Crippen LogP contribution in [-0.2, 0) is 0 Å². The van der Waals surface area contributed by atoms with Crippen LogP contribution in [0.2, 0.25) is 0 Å². The number of nitrogens with zero attached hydrogens (tertiary/aromatic N) is 1. The molecule has 0 amide bonds. The molecule has 1 nitrogen and oxygen atoms in total. The Hall–Kier alpha value is -0.240. The van der Waals surface area contributed by atoms with Gasteiger partial charge in [-0.05, 0) is 37.0 Å². The molecule has 1 fully saturated rings. The predicted octanol–water partition coefficient (Wildman–Crippen LogP) is 4.11. The summed E-state index contributed by atoms with van der Waals surface area (Å²) in [5, 5.41) is 2.06. The first-order chi connectivity index (χ1) is 6.83. The Morgan fingerprint density at radius 2 is 2.00 bits per heavy atom. The highest BCUT2D eigenvalue weighted by atomic mass is 32.2. The maximum atomic E-state index is 4.44. The number of hydrogen-bond donors (Lipinski definition) is 0.